The van der Waals surface area contributed by atoms with Crippen LogP contribution in [-0.2, 0) is 0 Å². The highest BCUT2D eigenvalue weighted by Gasteiger charge is 2.16. The summed E-state index contributed by atoms with van der Waals surface area (Å²) in [6.07, 6.45) is 2.48. The highest BCUT2D eigenvalue weighted by molar-refractivity contribution is 5.58. The van der Waals surface area contributed by atoms with E-state index in [-0.39, 0.29) is 0 Å². The number of ether oxygens (including phenoxy) is 1. The van der Waals surface area contributed by atoms with E-state index in [1.165, 1.54) is 18.5 Å². The van der Waals surface area contributed by atoms with Gasteiger partial charge >= 0.3 is 0 Å². The number of hydrogen-bond acceptors (Lipinski definition) is 3. The van der Waals surface area contributed by atoms with Gasteiger partial charge in [-0.3, -0.25) is 0 Å². The van der Waals surface area contributed by atoms with E-state index >= 15 is 0 Å². The Labute approximate surface area is 104 Å². The first kappa shape index (κ1) is 12.2. The second-order valence-corrected chi connectivity index (χ2v) is 4.68. The van der Waals surface area contributed by atoms with Crippen LogP contribution in [0.25, 0.3) is 0 Å². The third-order valence-corrected chi connectivity index (χ3v) is 3.27. The topological polar surface area (TPSA) is 24.5 Å². The van der Waals surface area contributed by atoms with Crippen LogP contribution in [0.5, 0.6) is 5.75 Å². The Kier molecular flexibility index (Phi) is 4.26. The predicted molar refractivity (Wildman–Crippen MR) is 71.9 cm³/mol. The van der Waals surface area contributed by atoms with E-state index in [4.69, 9.17) is 4.74 Å². The van der Waals surface area contributed by atoms with Crippen LogP contribution in [-0.4, -0.2) is 32.8 Å². The molecule has 3 nitrogen and oxygen atoms in total. The molecular weight excluding hydrogens is 212 g/mol. The van der Waals surface area contributed by atoms with Crippen LogP contribution in [0, 0.1) is 0 Å². The molecule has 2 rings (SSSR count). The van der Waals surface area contributed by atoms with Gasteiger partial charge in [0.25, 0.3) is 0 Å². The minimum absolute atomic E-state index is 0.528. The summed E-state index contributed by atoms with van der Waals surface area (Å²) in [7, 11) is 1.74. The third-order valence-electron chi connectivity index (χ3n) is 3.27. The Morgan fingerprint density at radius 2 is 2.12 bits per heavy atom. The Morgan fingerprint density at radius 3 is 2.94 bits per heavy atom. The van der Waals surface area contributed by atoms with Crippen molar-refractivity contribution in [1.82, 2.24) is 5.32 Å². The molecule has 0 radical (unpaired) electrons. The molecule has 1 aliphatic heterocycles. The van der Waals surface area contributed by atoms with Crippen LogP contribution in [0.2, 0.25) is 0 Å². The summed E-state index contributed by atoms with van der Waals surface area (Å²) in [5.74, 6) is 0.972. The van der Waals surface area contributed by atoms with E-state index in [1.807, 2.05) is 12.1 Å². The van der Waals surface area contributed by atoms with Crippen molar-refractivity contribution in [1.29, 1.82) is 0 Å². The van der Waals surface area contributed by atoms with Crippen LogP contribution in [0.4, 0.5) is 5.69 Å². The molecule has 1 heterocycles. The lowest BCUT2D eigenvalue weighted by atomic mass is 10.1. The highest BCUT2D eigenvalue weighted by Crippen LogP contribution is 2.28. The number of nitrogens with zero attached hydrogens (tertiary/aromatic N) is 1. The fraction of sp³-hybridized carbons (Fsp3) is 0.571. The molecule has 0 aliphatic carbocycles. The second-order valence-electron chi connectivity index (χ2n) is 4.68. The summed E-state index contributed by atoms with van der Waals surface area (Å²) in [5, 5.41) is 3.54. The molecule has 1 N–H and O–H groups in total. The van der Waals surface area contributed by atoms with Crippen LogP contribution in [0.3, 0.4) is 0 Å². The van der Waals surface area contributed by atoms with Gasteiger partial charge in [0.1, 0.15) is 5.75 Å². The van der Waals surface area contributed by atoms with Crippen LogP contribution >= 0.6 is 0 Å². The maximum Gasteiger partial charge on any atom is 0.142 e. The van der Waals surface area contributed by atoms with Gasteiger partial charge in [0.2, 0.25) is 0 Å². The zero-order valence-corrected chi connectivity index (χ0v) is 10.8. The molecule has 1 aromatic carbocycles. The van der Waals surface area contributed by atoms with Gasteiger partial charge in [-0.15, -0.1) is 0 Å². The monoisotopic (exact) mass is 234 g/mol. The molecule has 1 fully saturated rings. The van der Waals surface area contributed by atoms with Crippen molar-refractivity contribution in [3.63, 3.8) is 0 Å². The van der Waals surface area contributed by atoms with E-state index in [9.17, 15) is 0 Å². The molecule has 0 amide bonds. The van der Waals surface area contributed by atoms with E-state index in [0.29, 0.717) is 6.04 Å². The van der Waals surface area contributed by atoms with Crippen molar-refractivity contribution in [2.45, 2.75) is 25.8 Å². The van der Waals surface area contributed by atoms with Gasteiger partial charge in [-0.2, -0.15) is 0 Å². The number of benzene rings is 1. The quantitative estimate of drug-likeness (QED) is 0.849. The Balaban J connectivity index is 2.17. The lowest BCUT2D eigenvalue weighted by molar-refractivity contribution is 0.411. The van der Waals surface area contributed by atoms with Crippen molar-refractivity contribution in [3.05, 3.63) is 24.3 Å². The lowest BCUT2D eigenvalue weighted by Crippen LogP contribution is -2.42. The lowest BCUT2D eigenvalue weighted by Gasteiger charge is -2.31. The first-order chi connectivity index (χ1) is 8.31. The van der Waals surface area contributed by atoms with Crippen LogP contribution in [0.1, 0.15) is 19.8 Å². The Hall–Kier alpha value is -1.22. The summed E-state index contributed by atoms with van der Waals surface area (Å²) in [6.45, 7) is 5.54. The smallest absolute Gasteiger partial charge is 0.142 e. The van der Waals surface area contributed by atoms with E-state index < -0.39 is 0 Å². The molecule has 3 heteroatoms. The average Bonchev–Trinajstić information content (AvgIpc) is 2.33. The minimum atomic E-state index is 0.528. The fourth-order valence-corrected chi connectivity index (χ4v) is 2.37. The Bertz CT molecular complexity index is 354. The second kappa shape index (κ2) is 5.92. The van der Waals surface area contributed by atoms with Crippen molar-refractivity contribution in [3.8, 4) is 5.75 Å². The number of anilines is 1. The maximum absolute atomic E-state index is 5.44. The van der Waals surface area contributed by atoms with Crippen LogP contribution < -0.4 is 15.0 Å². The van der Waals surface area contributed by atoms with Crippen molar-refractivity contribution in [2.75, 3.05) is 31.6 Å². The molecule has 1 aromatic rings. The van der Waals surface area contributed by atoms with Crippen molar-refractivity contribution < 1.29 is 4.74 Å². The molecule has 0 bridgehead atoms. The van der Waals surface area contributed by atoms with Gasteiger partial charge in [-0.05, 0) is 38.4 Å². The predicted octanol–water partition coefficient (Wildman–Crippen LogP) is 2.27. The number of rotatable bonds is 2. The molecule has 1 atom stereocenters. The van der Waals surface area contributed by atoms with E-state index in [0.717, 1.165) is 25.4 Å². The summed E-state index contributed by atoms with van der Waals surface area (Å²) in [5.41, 5.74) is 1.21. The van der Waals surface area contributed by atoms with Gasteiger partial charge in [-0.1, -0.05) is 12.1 Å². The molecule has 1 saturated heterocycles. The summed E-state index contributed by atoms with van der Waals surface area (Å²) < 4.78 is 5.44. The molecule has 1 unspecified atom stereocenters. The number of nitrogens with one attached hydrogen (secondary N) is 1. The SMILES string of the molecule is COc1ccccc1N1CCCCNC(C)C1. The van der Waals surface area contributed by atoms with E-state index in [1.54, 1.807) is 7.11 Å². The first-order valence-electron chi connectivity index (χ1n) is 6.42. The molecule has 0 aromatic heterocycles. The van der Waals surface area contributed by atoms with Gasteiger partial charge < -0.3 is 15.0 Å². The van der Waals surface area contributed by atoms with Crippen LogP contribution in [0.15, 0.2) is 24.3 Å². The molecule has 0 spiro atoms. The largest absolute Gasteiger partial charge is 0.495 e. The minimum Gasteiger partial charge on any atom is -0.495 e. The highest BCUT2D eigenvalue weighted by atomic mass is 16.5. The molecule has 17 heavy (non-hydrogen) atoms. The van der Waals surface area contributed by atoms with Gasteiger partial charge in [0.05, 0.1) is 12.8 Å². The molecule has 0 saturated carbocycles. The standard InChI is InChI=1S/C14H22N2O/c1-12-11-16(10-6-5-9-15-12)13-7-3-4-8-14(13)17-2/h3-4,7-8,12,15H,5-6,9-11H2,1-2H3. The molecule has 1 aliphatic rings. The number of methoxy groups -OCH3 is 1. The maximum atomic E-state index is 5.44. The average molecular weight is 234 g/mol. The first-order valence-corrected chi connectivity index (χ1v) is 6.42. The Morgan fingerprint density at radius 1 is 1.29 bits per heavy atom. The zero-order valence-electron chi connectivity index (χ0n) is 10.8. The van der Waals surface area contributed by atoms with Gasteiger partial charge in [0.15, 0.2) is 0 Å². The number of para-hydroxylation sites is 2. The zero-order chi connectivity index (χ0) is 12.1. The molecule has 94 valence electrons. The molecular formula is C14H22N2O. The third kappa shape index (κ3) is 3.13. The van der Waals surface area contributed by atoms with Crippen molar-refractivity contribution >= 4 is 5.69 Å². The summed E-state index contributed by atoms with van der Waals surface area (Å²) >= 11 is 0. The summed E-state index contributed by atoms with van der Waals surface area (Å²) in [6, 6.07) is 8.81. The normalized spacial score (nSPS) is 21.8. The van der Waals surface area contributed by atoms with Gasteiger partial charge in [-0.25, -0.2) is 0 Å². The summed E-state index contributed by atoms with van der Waals surface area (Å²) in [4.78, 5) is 2.43. The number of hydrogen-bond donors (Lipinski definition) is 1. The van der Waals surface area contributed by atoms with Crippen molar-refractivity contribution in [2.24, 2.45) is 0 Å². The fourth-order valence-electron chi connectivity index (χ4n) is 2.37. The van der Waals surface area contributed by atoms with E-state index in [2.05, 4.69) is 29.3 Å². The van der Waals surface area contributed by atoms with Gasteiger partial charge in [0, 0.05) is 19.1 Å².